The predicted octanol–water partition coefficient (Wildman–Crippen LogP) is 1.14. The summed E-state index contributed by atoms with van der Waals surface area (Å²) in [5, 5.41) is 0. The van der Waals surface area contributed by atoms with Gasteiger partial charge in [-0.25, -0.2) is 0 Å². The maximum absolute atomic E-state index is 14.2. The highest BCUT2D eigenvalue weighted by Gasteiger charge is 2.76. The lowest BCUT2D eigenvalue weighted by Crippen LogP contribution is -2.67. The second-order valence-electron chi connectivity index (χ2n) is 10.3. The van der Waals surface area contributed by atoms with Crippen molar-refractivity contribution in [3.05, 3.63) is 17.7 Å². The first-order valence-corrected chi connectivity index (χ1v) is 11.5. The number of ether oxygens (including phenoxy) is 4. The summed E-state index contributed by atoms with van der Waals surface area (Å²) in [6, 6.07) is 3.58. The Hall–Kier alpha value is -2.16. The van der Waals surface area contributed by atoms with E-state index in [-0.39, 0.29) is 47.4 Å². The molecular formula is C24H28N2O6. The molecule has 1 aliphatic carbocycles. The zero-order chi connectivity index (χ0) is 22.0. The van der Waals surface area contributed by atoms with E-state index in [1.807, 2.05) is 17.0 Å². The van der Waals surface area contributed by atoms with Crippen molar-refractivity contribution in [1.29, 1.82) is 0 Å². The molecule has 0 unspecified atom stereocenters. The van der Waals surface area contributed by atoms with Crippen molar-refractivity contribution in [2.24, 2.45) is 11.8 Å². The lowest BCUT2D eigenvalue weighted by molar-refractivity contribution is -0.144. The van der Waals surface area contributed by atoms with Gasteiger partial charge in [0.25, 0.3) is 0 Å². The van der Waals surface area contributed by atoms with Gasteiger partial charge in [-0.2, -0.15) is 0 Å². The van der Waals surface area contributed by atoms with E-state index in [0.717, 1.165) is 18.7 Å². The molecule has 7 atom stereocenters. The molecule has 0 N–H and O–H groups in total. The highest BCUT2D eigenvalue weighted by atomic mass is 16.6. The molecule has 6 fully saturated rings. The normalized spacial score (nSPS) is 43.6. The molecule has 4 bridgehead atoms. The highest BCUT2D eigenvalue weighted by molar-refractivity contribution is 6.08. The third-order valence-electron chi connectivity index (χ3n) is 9.17. The summed E-state index contributed by atoms with van der Waals surface area (Å²) < 4.78 is 24.0. The Labute approximate surface area is 186 Å². The highest BCUT2D eigenvalue weighted by Crippen LogP contribution is 2.66. The zero-order valence-electron chi connectivity index (χ0n) is 18.6. The number of fused-ring (bicyclic) bond motifs is 6. The van der Waals surface area contributed by atoms with Crippen LogP contribution < -0.4 is 14.4 Å². The van der Waals surface area contributed by atoms with Gasteiger partial charge in [-0.3, -0.25) is 9.59 Å². The summed E-state index contributed by atoms with van der Waals surface area (Å²) in [5.41, 5.74) is 0.495. The van der Waals surface area contributed by atoms with E-state index in [4.69, 9.17) is 18.9 Å². The fourth-order valence-corrected chi connectivity index (χ4v) is 7.89. The lowest BCUT2D eigenvalue weighted by atomic mass is 9.54. The Bertz CT molecular complexity index is 1060. The molecule has 170 valence electrons. The Balaban J connectivity index is 1.53. The van der Waals surface area contributed by atoms with Crippen molar-refractivity contribution >= 4 is 17.4 Å². The quantitative estimate of drug-likeness (QED) is 0.638. The molecule has 6 heterocycles. The number of anilines is 1. The lowest BCUT2D eigenvalue weighted by Gasteiger charge is -2.53. The van der Waals surface area contributed by atoms with Crippen molar-refractivity contribution in [3.8, 4) is 11.5 Å². The molecule has 8 nitrogen and oxygen atoms in total. The van der Waals surface area contributed by atoms with Crippen LogP contribution in [0.25, 0.3) is 0 Å². The number of rotatable bonds is 2. The molecular weight excluding hydrogens is 412 g/mol. The number of benzene rings is 1. The van der Waals surface area contributed by atoms with Crippen molar-refractivity contribution in [1.82, 2.24) is 4.90 Å². The Kier molecular flexibility index (Phi) is 3.65. The second-order valence-corrected chi connectivity index (χ2v) is 10.3. The molecule has 2 spiro atoms. The number of nitrogens with zero attached hydrogens (tertiary/aromatic N) is 2. The molecule has 0 radical (unpaired) electrons. The smallest absolute Gasteiger partial charge is 0.230 e. The van der Waals surface area contributed by atoms with Crippen LogP contribution in [0.5, 0.6) is 11.5 Å². The van der Waals surface area contributed by atoms with Gasteiger partial charge in [0.05, 0.1) is 50.5 Å². The van der Waals surface area contributed by atoms with Crippen LogP contribution in [0.2, 0.25) is 0 Å². The van der Waals surface area contributed by atoms with Crippen LogP contribution in [-0.2, 0) is 24.5 Å². The average molecular weight is 440 g/mol. The third-order valence-corrected chi connectivity index (χ3v) is 9.17. The van der Waals surface area contributed by atoms with Gasteiger partial charge in [-0.15, -0.1) is 0 Å². The number of carbonyl (C=O) groups excluding carboxylic acids is 2. The number of carbonyl (C=O) groups is 2. The number of epoxide rings is 1. The summed E-state index contributed by atoms with van der Waals surface area (Å²) in [6.45, 7) is 2.06. The SMILES string of the molecule is COc1ccc2c(c1OC)N1C(=O)C[C@H]3OC[C@H]4O[C@]45CN(C)CC[C@]24C(=O)C[C@@H]5[C@@H]3[C@H]14. The zero-order valence-corrected chi connectivity index (χ0v) is 18.6. The maximum Gasteiger partial charge on any atom is 0.230 e. The largest absolute Gasteiger partial charge is 0.493 e. The number of amides is 1. The predicted molar refractivity (Wildman–Crippen MR) is 113 cm³/mol. The van der Waals surface area contributed by atoms with Crippen LogP contribution >= 0.6 is 0 Å². The molecule has 7 aliphatic rings. The molecule has 8 rings (SSSR count). The van der Waals surface area contributed by atoms with Crippen LogP contribution in [0.1, 0.15) is 24.8 Å². The number of piperidine rings is 1. The fraction of sp³-hybridized carbons (Fsp3) is 0.667. The Morgan fingerprint density at radius 1 is 1.16 bits per heavy atom. The van der Waals surface area contributed by atoms with Crippen molar-refractivity contribution < 1.29 is 28.5 Å². The molecule has 5 saturated heterocycles. The van der Waals surface area contributed by atoms with E-state index in [1.165, 1.54) is 0 Å². The standard InChI is InChI=1S/C24H28N2O6/c1-25-7-6-23-12-4-5-14(29-2)21(30-3)20(12)26-18(28)9-15-19(22(23)26)13(8-16(23)27)24(11-25)17(32-24)10-31-15/h4-5,13,15,17,19,22H,6-11H2,1-3H3/t13-,15-,17-,19+,22+,23-,24+/m1/s1. The average Bonchev–Trinajstić information content (AvgIpc) is 3.39. The topological polar surface area (TPSA) is 80.8 Å². The molecule has 32 heavy (non-hydrogen) atoms. The minimum absolute atomic E-state index is 0.000843. The first kappa shape index (κ1) is 19.3. The van der Waals surface area contributed by atoms with Gasteiger partial charge in [0.2, 0.25) is 5.91 Å². The van der Waals surface area contributed by atoms with Gasteiger partial charge in [0.1, 0.15) is 17.5 Å². The second kappa shape index (κ2) is 6.04. The number of hydrogen-bond donors (Lipinski definition) is 0. The van der Waals surface area contributed by atoms with Crippen LogP contribution in [0.15, 0.2) is 12.1 Å². The van der Waals surface area contributed by atoms with E-state index < -0.39 is 5.41 Å². The van der Waals surface area contributed by atoms with Crippen molar-refractivity contribution in [2.45, 2.75) is 48.5 Å². The number of likely N-dealkylation sites (N-methyl/N-ethyl adjacent to an activating group) is 1. The van der Waals surface area contributed by atoms with Gasteiger partial charge >= 0.3 is 0 Å². The van der Waals surface area contributed by atoms with Gasteiger partial charge in [-0.05, 0) is 31.6 Å². The van der Waals surface area contributed by atoms with Crippen LogP contribution in [-0.4, -0.2) is 81.4 Å². The molecule has 1 aromatic carbocycles. The van der Waals surface area contributed by atoms with Crippen LogP contribution in [0.4, 0.5) is 5.69 Å². The van der Waals surface area contributed by atoms with Gasteiger partial charge in [0.15, 0.2) is 11.5 Å². The Morgan fingerprint density at radius 2 is 2.00 bits per heavy atom. The van der Waals surface area contributed by atoms with Gasteiger partial charge < -0.3 is 28.7 Å². The fourth-order valence-electron chi connectivity index (χ4n) is 7.89. The summed E-state index contributed by atoms with van der Waals surface area (Å²) in [7, 11) is 5.30. The molecule has 1 amide bonds. The number of Topliss-reactive ketones (excluding diaryl/α,β-unsaturated/α-hetero) is 1. The molecule has 1 aromatic rings. The van der Waals surface area contributed by atoms with Crippen molar-refractivity contribution in [3.63, 3.8) is 0 Å². The molecule has 1 saturated carbocycles. The van der Waals surface area contributed by atoms with E-state index >= 15 is 0 Å². The van der Waals surface area contributed by atoms with E-state index in [0.29, 0.717) is 43.1 Å². The van der Waals surface area contributed by atoms with Crippen LogP contribution in [0, 0.1) is 11.8 Å². The van der Waals surface area contributed by atoms with Crippen LogP contribution in [0.3, 0.4) is 0 Å². The van der Waals surface area contributed by atoms with E-state index in [2.05, 4.69) is 11.9 Å². The van der Waals surface area contributed by atoms with Gasteiger partial charge in [-0.1, -0.05) is 6.07 Å². The number of methoxy groups -OCH3 is 2. The first-order chi connectivity index (χ1) is 15.5. The molecule has 8 heteroatoms. The maximum atomic E-state index is 14.2. The summed E-state index contributed by atoms with van der Waals surface area (Å²) in [4.78, 5) is 32.0. The summed E-state index contributed by atoms with van der Waals surface area (Å²) in [5.74, 6) is 1.42. The monoisotopic (exact) mass is 440 g/mol. The first-order valence-electron chi connectivity index (χ1n) is 11.5. The van der Waals surface area contributed by atoms with Crippen molar-refractivity contribution in [2.75, 3.05) is 45.9 Å². The minimum Gasteiger partial charge on any atom is -0.493 e. The van der Waals surface area contributed by atoms with Gasteiger partial charge in [0, 0.05) is 24.8 Å². The summed E-state index contributed by atoms with van der Waals surface area (Å²) in [6.07, 6.45) is 1.28. The third kappa shape index (κ3) is 2.01. The number of ketones is 1. The minimum atomic E-state index is -0.762. The van der Waals surface area contributed by atoms with E-state index in [9.17, 15) is 9.59 Å². The number of hydrogen-bond acceptors (Lipinski definition) is 7. The Morgan fingerprint density at radius 3 is 2.78 bits per heavy atom. The summed E-state index contributed by atoms with van der Waals surface area (Å²) >= 11 is 0. The molecule has 0 aromatic heterocycles. The van der Waals surface area contributed by atoms with E-state index in [1.54, 1.807) is 14.2 Å². The molecule has 6 aliphatic heterocycles.